The Labute approximate surface area is 114 Å². The Kier molecular flexibility index (Phi) is 2.92. The fourth-order valence-corrected chi connectivity index (χ4v) is 5.01. The number of rotatable bonds is 3. The standard InChI is InChI=1S/C16H21NO2/c1-3-15(18)19-16(4-2)7-13-10-5-11(9-17)12(6-10)14(13)8-16/h3,10-14H,1,4-8H2,2H3. The van der Waals surface area contributed by atoms with Crippen molar-refractivity contribution < 1.29 is 9.53 Å². The van der Waals surface area contributed by atoms with Gasteiger partial charge < -0.3 is 4.74 Å². The molecule has 3 fully saturated rings. The fourth-order valence-electron chi connectivity index (χ4n) is 5.01. The number of ether oxygens (including phenoxy) is 1. The van der Waals surface area contributed by atoms with Crippen molar-refractivity contribution in [3.8, 4) is 6.07 Å². The van der Waals surface area contributed by atoms with E-state index >= 15 is 0 Å². The first-order valence-electron chi connectivity index (χ1n) is 7.37. The molecule has 0 heterocycles. The highest BCUT2D eigenvalue weighted by molar-refractivity contribution is 5.81. The number of fused-ring (bicyclic) bond motifs is 5. The van der Waals surface area contributed by atoms with Crippen LogP contribution in [0, 0.1) is 40.9 Å². The van der Waals surface area contributed by atoms with Gasteiger partial charge in [-0.2, -0.15) is 5.26 Å². The second-order valence-corrected chi connectivity index (χ2v) is 6.53. The van der Waals surface area contributed by atoms with Crippen molar-refractivity contribution in [1.82, 2.24) is 0 Å². The first-order chi connectivity index (χ1) is 9.12. The third kappa shape index (κ3) is 1.81. The summed E-state index contributed by atoms with van der Waals surface area (Å²) in [7, 11) is 0. The van der Waals surface area contributed by atoms with E-state index in [4.69, 9.17) is 4.74 Å². The maximum absolute atomic E-state index is 11.6. The number of hydrogen-bond acceptors (Lipinski definition) is 3. The Morgan fingerprint density at radius 3 is 2.79 bits per heavy atom. The summed E-state index contributed by atoms with van der Waals surface area (Å²) in [4.78, 5) is 11.6. The SMILES string of the molecule is C=CC(=O)OC1(CC)CC2C3CC(C#N)C(C3)C2C1. The van der Waals surface area contributed by atoms with E-state index in [1.807, 2.05) is 0 Å². The van der Waals surface area contributed by atoms with Crippen LogP contribution in [-0.4, -0.2) is 11.6 Å². The normalized spacial score (nSPS) is 46.6. The summed E-state index contributed by atoms with van der Waals surface area (Å²) in [6, 6.07) is 2.48. The first-order valence-corrected chi connectivity index (χ1v) is 7.37. The van der Waals surface area contributed by atoms with Crippen LogP contribution in [0.2, 0.25) is 0 Å². The Morgan fingerprint density at radius 2 is 2.16 bits per heavy atom. The third-order valence-electron chi connectivity index (χ3n) is 5.86. The van der Waals surface area contributed by atoms with Crippen LogP contribution in [0.3, 0.4) is 0 Å². The molecule has 3 saturated carbocycles. The Hall–Kier alpha value is -1.30. The summed E-state index contributed by atoms with van der Waals surface area (Å²) in [5, 5.41) is 9.23. The highest BCUT2D eigenvalue weighted by Gasteiger charge is 2.60. The molecule has 0 saturated heterocycles. The van der Waals surface area contributed by atoms with Crippen molar-refractivity contribution in [1.29, 1.82) is 5.26 Å². The average Bonchev–Trinajstić information content (AvgIpc) is 3.07. The molecular weight excluding hydrogens is 238 g/mol. The number of nitriles is 1. The van der Waals surface area contributed by atoms with Gasteiger partial charge in [-0.3, -0.25) is 0 Å². The molecule has 0 aromatic carbocycles. The molecule has 102 valence electrons. The summed E-state index contributed by atoms with van der Waals surface area (Å²) in [5.41, 5.74) is -0.290. The Bertz CT molecular complexity index is 452. The quantitative estimate of drug-likeness (QED) is 0.578. The summed E-state index contributed by atoms with van der Waals surface area (Å²) < 4.78 is 5.69. The molecule has 3 aliphatic rings. The minimum absolute atomic E-state index is 0.244. The number of esters is 1. The predicted octanol–water partition coefficient (Wildman–Crippen LogP) is 3.07. The molecule has 3 aliphatic carbocycles. The van der Waals surface area contributed by atoms with Gasteiger partial charge in [0, 0.05) is 12.0 Å². The van der Waals surface area contributed by atoms with Crippen LogP contribution in [0.25, 0.3) is 0 Å². The molecule has 0 aliphatic heterocycles. The van der Waals surface area contributed by atoms with Gasteiger partial charge in [0.25, 0.3) is 0 Å². The minimum Gasteiger partial charge on any atom is -0.456 e. The molecule has 2 bridgehead atoms. The maximum atomic E-state index is 11.6. The van der Waals surface area contributed by atoms with E-state index < -0.39 is 0 Å². The van der Waals surface area contributed by atoms with Gasteiger partial charge in [0.05, 0.1) is 6.07 Å². The molecule has 0 radical (unpaired) electrons. The van der Waals surface area contributed by atoms with Crippen molar-refractivity contribution >= 4 is 5.97 Å². The van der Waals surface area contributed by atoms with Crippen LogP contribution >= 0.6 is 0 Å². The molecule has 19 heavy (non-hydrogen) atoms. The average molecular weight is 259 g/mol. The Balaban J connectivity index is 1.78. The molecule has 3 rings (SSSR count). The fraction of sp³-hybridized carbons (Fsp3) is 0.750. The molecule has 0 spiro atoms. The van der Waals surface area contributed by atoms with E-state index in [0.717, 1.165) is 25.7 Å². The second kappa shape index (κ2) is 4.37. The number of nitrogens with zero attached hydrogens (tertiary/aromatic N) is 1. The van der Waals surface area contributed by atoms with Gasteiger partial charge in [0.15, 0.2) is 0 Å². The maximum Gasteiger partial charge on any atom is 0.330 e. The topological polar surface area (TPSA) is 50.1 Å². The van der Waals surface area contributed by atoms with Gasteiger partial charge in [-0.05, 0) is 55.8 Å². The zero-order chi connectivity index (χ0) is 13.6. The zero-order valence-electron chi connectivity index (χ0n) is 11.5. The number of carbonyl (C=O) groups excluding carboxylic acids is 1. The van der Waals surface area contributed by atoms with E-state index in [1.54, 1.807) is 0 Å². The molecule has 6 atom stereocenters. The van der Waals surface area contributed by atoms with E-state index in [2.05, 4.69) is 19.6 Å². The zero-order valence-corrected chi connectivity index (χ0v) is 11.5. The van der Waals surface area contributed by atoms with Gasteiger partial charge >= 0.3 is 5.97 Å². The molecule has 0 aromatic heterocycles. The summed E-state index contributed by atoms with van der Waals surface area (Å²) >= 11 is 0. The van der Waals surface area contributed by atoms with Crippen LogP contribution < -0.4 is 0 Å². The largest absolute Gasteiger partial charge is 0.456 e. The molecule has 0 aromatic rings. The van der Waals surface area contributed by atoms with Crippen molar-refractivity contribution in [2.24, 2.45) is 29.6 Å². The highest BCUT2D eigenvalue weighted by Crippen LogP contribution is 2.64. The van der Waals surface area contributed by atoms with Gasteiger partial charge in [0.2, 0.25) is 0 Å². The van der Waals surface area contributed by atoms with E-state index in [9.17, 15) is 10.1 Å². The second-order valence-electron chi connectivity index (χ2n) is 6.53. The molecule has 3 heteroatoms. The predicted molar refractivity (Wildman–Crippen MR) is 70.8 cm³/mol. The molecule has 0 N–H and O–H groups in total. The smallest absolute Gasteiger partial charge is 0.330 e. The van der Waals surface area contributed by atoms with Crippen molar-refractivity contribution in [2.75, 3.05) is 0 Å². The van der Waals surface area contributed by atoms with Crippen LogP contribution in [0.4, 0.5) is 0 Å². The van der Waals surface area contributed by atoms with Crippen molar-refractivity contribution in [3.63, 3.8) is 0 Å². The lowest BCUT2D eigenvalue weighted by atomic mass is 9.76. The van der Waals surface area contributed by atoms with Crippen molar-refractivity contribution in [2.45, 2.75) is 44.6 Å². The molecule has 0 amide bonds. The van der Waals surface area contributed by atoms with E-state index in [-0.39, 0.29) is 17.5 Å². The van der Waals surface area contributed by atoms with E-state index in [0.29, 0.717) is 23.7 Å². The molecule has 3 nitrogen and oxygen atoms in total. The van der Waals surface area contributed by atoms with Crippen molar-refractivity contribution in [3.05, 3.63) is 12.7 Å². The number of hydrogen-bond donors (Lipinski definition) is 0. The van der Waals surface area contributed by atoms with Gasteiger partial charge in [-0.1, -0.05) is 13.5 Å². The van der Waals surface area contributed by atoms with Crippen LogP contribution in [-0.2, 0) is 9.53 Å². The lowest BCUT2D eigenvalue weighted by molar-refractivity contribution is -0.154. The van der Waals surface area contributed by atoms with Crippen LogP contribution in [0.5, 0.6) is 0 Å². The lowest BCUT2D eigenvalue weighted by Gasteiger charge is -2.29. The van der Waals surface area contributed by atoms with Gasteiger partial charge in [0.1, 0.15) is 5.60 Å². The summed E-state index contributed by atoms with van der Waals surface area (Å²) in [5.74, 6) is 2.46. The van der Waals surface area contributed by atoms with Crippen LogP contribution in [0.1, 0.15) is 39.0 Å². The lowest BCUT2D eigenvalue weighted by Crippen LogP contribution is -2.32. The first kappa shape index (κ1) is 12.7. The monoisotopic (exact) mass is 259 g/mol. The molecular formula is C16H21NO2. The Morgan fingerprint density at radius 1 is 1.42 bits per heavy atom. The number of carbonyl (C=O) groups is 1. The van der Waals surface area contributed by atoms with E-state index in [1.165, 1.54) is 12.5 Å². The minimum atomic E-state index is -0.300. The summed E-state index contributed by atoms with van der Waals surface area (Å²) in [6.45, 7) is 5.59. The van der Waals surface area contributed by atoms with Gasteiger partial charge in [-0.25, -0.2) is 4.79 Å². The van der Waals surface area contributed by atoms with Crippen LogP contribution in [0.15, 0.2) is 12.7 Å². The highest BCUT2D eigenvalue weighted by atomic mass is 16.6. The molecule has 6 unspecified atom stereocenters. The third-order valence-corrected chi connectivity index (χ3v) is 5.86. The summed E-state index contributed by atoms with van der Waals surface area (Å²) in [6.07, 6.45) is 6.37. The van der Waals surface area contributed by atoms with Gasteiger partial charge in [-0.15, -0.1) is 0 Å².